The van der Waals surface area contributed by atoms with Crippen LogP contribution in [0.5, 0.6) is 0 Å². The molecule has 0 saturated carbocycles. The number of anilines is 1. The first-order valence-corrected chi connectivity index (χ1v) is 4.05. The summed E-state index contributed by atoms with van der Waals surface area (Å²) < 4.78 is 0. The van der Waals surface area contributed by atoms with Gasteiger partial charge in [-0.05, 0) is 23.6 Å². The van der Waals surface area contributed by atoms with Crippen molar-refractivity contribution < 1.29 is 1.43 Å². The topological polar surface area (TPSA) is 49.9 Å². The summed E-state index contributed by atoms with van der Waals surface area (Å²) in [5, 5.41) is 7.12. The maximum absolute atomic E-state index is 7.12. The fourth-order valence-electron chi connectivity index (χ4n) is 1.08. The van der Waals surface area contributed by atoms with Crippen LogP contribution in [0.1, 0.15) is 32.3 Å². The van der Waals surface area contributed by atoms with E-state index >= 15 is 0 Å². The van der Waals surface area contributed by atoms with Gasteiger partial charge in [0.15, 0.2) is 0 Å². The lowest BCUT2D eigenvalue weighted by molar-refractivity contribution is 0.867. The van der Waals surface area contributed by atoms with Gasteiger partial charge in [-0.2, -0.15) is 0 Å². The molecule has 1 aromatic rings. The van der Waals surface area contributed by atoms with Crippen LogP contribution >= 0.6 is 0 Å². The Morgan fingerprint density at radius 1 is 1.50 bits per heavy atom. The summed E-state index contributed by atoms with van der Waals surface area (Å²) in [4.78, 5) is 0. The summed E-state index contributed by atoms with van der Waals surface area (Å²) in [6.45, 7) is 4.25. The van der Waals surface area contributed by atoms with E-state index in [1.165, 1.54) is 11.8 Å². The molecule has 0 aliphatic carbocycles. The van der Waals surface area contributed by atoms with Crippen molar-refractivity contribution in [2.24, 2.45) is 0 Å². The van der Waals surface area contributed by atoms with Crippen LogP contribution < -0.4 is 5.73 Å². The molecule has 0 amide bonds. The number of nitrogens with one attached hydrogen (secondary N) is 1. The molecular weight excluding hydrogens is 148 g/mol. The van der Waals surface area contributed by atoms with Crippen LogP contribution in [0.15, 0.2) is 18.2 Å². The smallest absolute Gasteiger partial charge is 0.0403 e. The van der Waals surface area contributed by atoms with Gasteiger partial charge in [0.1, 0.15) is 0 Å². The van der Waals surface area contributed by atoms with E-state index in [2.05, 4.69) is 13.8 Å². The fraction of sp³-hybridized carbons (Fsp3) is 0.300. The molecule has 12 heavy (non-hydrogen) atoms. The van der Waals surface area contributed by atoms with Gasteiger partial charge in [-0.3, -0.25) is 0 Å². The number of benzene rings is 1. The number of nitrogens with two attached hydrogens (primary N) is 1. The van der Waals surface area contributed by atoms with Gasteiger partial charge in [-0.15, -0.1) is 0 Å². The summed E-state index contributed by atoms with van der Waals surface area (Å²) in [5.74, 6) is 0.490. The van der Waals surface area contributed by atoms with Crippen LogP contribution in [0.2, 0.25) is 0 Å². The van der Waals surface area contributed by atoms with Gasteiger partial charge >= 0.3 is 0 Å². The van der Waals surface area contributed by atoms with Gasteiger partial charge in [-0.25, -0.2) is 0 Å². The summed E-state index contributed by atoms with van der Waals surface area (Å²) >= 11 is 0. The number of rotatable bonds is 2. The number of nitrogen functional groups attached to an aromatic ring is 1. The zero-order chi connectivity index (χ0) is 9.14. The van der Waals surface area contributed by atoms with Gasteiger partial charge in [-0.1, -0.05) is 19.9 Å². The minimum Gasteiger partial charge on any atom is -0.398 e. The standard InChI is InChI=1S/C10H14N2.H2/c1-7(2)8-3-4-10(12)9(5-8)6-11;/h3-7,11H,12H2,1-2H3;1H. The van der Waals surface area contributed by atoms with Crippen LogP contribution in [0.25, 0.3) is 0 Å². The molecule has 0 spiro atoms. The molecule has 2 heteroatoms. The molecule has 1 aromatic carbocycles. The molecule has 2 nitrogen and oxygen atoms in total. The van der Waals surface area contributed by atoms with Crippen molar-refractivity contribution in [3.8, 4) is 0 Å². The second kappa shape index (κ2) is 3.39. The Balaban J connectivity index is 0.00000144. The Kier molecular flexibility index (Phi) is 2.48. The zero-order valence-corrected chi connectivity index (χ0v) is 7.46. The molecule has 0 aliphatic heterocycles. The third kappa shape index (κ3) is 1.64. The predicted molar refractivity (Wildman–Crippen MR) is 54.9 cm³/mol. The van der Waals surface area contributed by atoms with E-state index < -0.39 is 0 Å². The summed E-state index contributed by atoms with van der Waals surface area (Å²) in [6.07, 6.45) is 1.29. The highest BCUT2D eigenvalue weighted by Gasteiger charge is 2.01. The molecule has 0 aliphatic rings. The second-order valence-electron chi connectivity index (χ2n) is 3.19. The molecule has 0 saturated heterocycles. The molecule has 0 bridgehead atoms. The fourth-order valence-corrected chi connectivity index (χ4v) is 1.08. The SMILES string of the molecule is CC(C)c1ccc(N)c(C=N)c1.[HH]. The number of hydrogen-bond donors (Lipinski definition) is 2. The van der Waals surface area contributed by atoms with E-state index in [0.29, 0.717) is 11.6 Å². The van der Waals surface area contributed by atoms with Crippen molar-refractivity contribution in [1.82, 2.24) is 0 Å². The molecule has 0 fully saturated rings. The Morgan fingerprint density at radius 3 is 2.67 bits per heavy atom. The van der Waals surface area contributed by atoms with E-state index in [9.17, 15) is 0 Å². The molecule has 0 atom stereocenters. The first kappa shape index (κ1) is 8.78. The Hall–Kier alpha value is -1.31. The zero-order valence-electron chi connectivity index (χ0n) is 7.46. The van der Waals surface area contributed by atoms with Gasteiger partial charge in [0, 0.05) is 18.9 Å². The number of hydrogen-bond acceptors (Lipinski definition) is 2. The molecule has 3 N–H and O–H groups in total. The third-order valence-electron chi connectivity index (χ3n) is 1.93. The third-order valence-corrected chi connectivity index (χ3v) is 1.93. The predicted octanol–water partition coefficient (Wildman–Crippen LogP) is 2.64. The first-order chi connectivity index (χ1) is 5.65. The lowest BCUT2D eigenvalue weighted by atomic mass is 10.0. The van der Waals surface area contributed by atoms with Gasteiger partial charge < -0.3 is 11.1 Å². The van der Waals surface area contributed by atoms with Crippen molar-refractivity contribution in [2.45, 2.75) is 19.8 Å². The molecule has 0 heterocycles. The lowest BCUT2D eigenvalue weighted by Crippen LogP contribution is -1.95. The van der Waals surface area contributed by atoms with Crippen LogP contribution in [0, 0.1) is 5.41 Å². The quantitative estimate of drug-likeness (QED) is 0.512. The average molecular weight is 164 g/mol. The summed E-state index contributed by atoms with van der Waals surface area (Å²) in [7, 11) is 0. The van der Waals surface area contributed by atoms with Gasteiger partial charge in [0.2, 0.25) is 0 Å². The highest BCUT2D eigenvalue weighted by Crippen LogP contribution is 2.18. The second-order valence-corrected chi connectivity index (χ2v) is 3.19. The lowest BCUT2D eigenvalue weighted by Gasteiger charge is -2.07. The van der Waals surface area contributed by atoms with E-state index in [0.717, 1.165) is 5.56 Å². The molecular formula is C10H16N2. The highest BCUT2D eigenvalue weighted by molar-refractivity contribution is 5.85. The van der Waals surface area contributed by atoms with Crippen LogP contribution in [-0.2, 0) is 0 Å². The highest BCUT2D eigenvalue weighted by atomic mass is 14.6. The van der Waals surface area contributed by atoms with Crippen LogP contribution in [-0.4, -0.2) is 6.21 Å². The van der Waals surface area contributed by atoms with Crippen molar-refractivity contribution in [3.05, 3.63) is 29.3 Å². The molecule has 66 valence electrons. The van der Waals surface area contributed by atoms with E-state index in [1.54, 1.807) is 0 Å². The summed E-state index contributed by atoms with van der Waals surface area (Å²) in [6, 6.07) is 5.83. The first-order valence-electron chi connectivity index (χ1n) is 4.05. The Labute approximate surface area is 74.4 Å². The van der Waals surface area contributed by atoms with Crippen LogP contribution in [0.4, 0.5) is 5.69 Å². The molecule has 1 rings (SSSR count). The van der Waals surface area contributed by atoms with Gasteiger partial charge in [0.05, 0.1) is 0 Å². The largest absolute Gasteiger partial charge is 0.398 e. The summed E-state index contributed by atoms with van der Waals surface area (Å²) in [5.41, 5.74) is 8.36. The van der Waals surface area contributed by atoms with E-state index in [1.807, 2.05) is 18.2 Å². The maximum Gasteiger partial charge on any atom is 0.0403 e. The minimum atomic E-state index is 0. The molecule has 0 aromatic heterocycles. The average Bonchev–Trinajstić information content (AvgIpc) is 2.05. The van der Waals surface area contributed by atoms with Crippen LogP contribution in [0.3, 0.4) is 0 Å². The molecule has 0 radical (unpaired) electrons. The Morgan fingerprint density at radius 2 is 2.17 bits per heavy atom. The maximum atomic E-state index is 7.12. The normalized spacial score (nSPS) is 10.2. The van der Waals surface area contributed by atoms with Crippen molar-refractivity contribution in [3.63, 3.8) is 0 Å². The van der Waals surface area contributed by atoms with Crippen molar-refractivity contribution in [1.29, 1.82) is 5.41 Å². The monoisotopic (exact) mass is 164 g/mol. The van der Waals surface area contributed by atoms with E-state index in [-0.39, 0.29) is 1.43 Å². The minimum absolute atomic E-state index is 0. The van der Waals surface area contributed by atoms with Gasteiger partial charge in [0.25, 0.3) is 0 Å². The van der Waals surface area contributed by atoms with E-state index in [4.69, 9.17) is 11.1 Å². The van der Waals surface area contributed by atoms with Crippen molar-refractivity contribution in [2.75, 3.05) is 5.73 Å². The Bertz CT molecular complexity index is 295. The molecule has 0 unspecified atom stereocenters. The van der Waals surface area contributed by atoms with Crippen molar-refractivity contribution >= 4 is 11.9 Å².